The minimum absolute atomic E-state index is 0.236. The van der Waals surface area contributed by atoms with Crippen LogP contribution in [0.3, 0.4) is 0 Å². The first-order chi connectivity index (χ1) is 12.6. The van der Waals surface area contributed by atoms with Crippen molar-refractivity contribution >= 4 is 28.9 Å². The molecule has 2 aromatic rings. The van der Waals surface area contributed by atoms with Crippen molar-refractivity contribution in [2.45, 2.75) is 25.8 Å². The Labute approximate surface area is 166 Å². The largest absolute Gasteiger partial charge is 0.382 e. The molecule has 0 aromatic heterocycles. The van der Waals surface area contributed by atoms with Crippen molar-refractivity contribution < 1.29 is 4.74 Å². The number of likely N-dealkylation sites (N-methyl/N-ethyl adjacent to an activating group) is 1. The molecule has 0 amide bonds. The van der Waals surface area contributed by atoms with Gasteiger partial charge in [-0.2, -0.15) is 0 Å². The molecule has 2 aromatic carbocycles. The lowest BCUT2D eigenvalue weighted by Gasteiger charge is -2.34. The molecule has 140 valence electrons. The number of fused-ring (bicyclic) bond motifs is 1. The SMILES string of the molecule is CCCOCCNc1ccccc1C1CN(C)Cc2c(Cl)cc(Cl)cc21. The van der Waals surface area contributed by atoms with Crippen LogP contribution in [-0.2, 0) is 11.3 Å². The van der Waals surface area contributed by atoms with E-state index in [-0.39, 0.29) is 5.92 Å². The quantitative estimate of drug-likeness (QED) is 0.637. The molecule has 0 aliphatic carbocycles. The highest BCUT2D eigenvalue weighted by Crippen LogP contribution is 2.40. The lowest BCUT2D eigenvalue weighted by atomic mass is 9.84. The predicted octanol–water partition coefficient (Wildman–Crippen LogP) is 5.41. The van der Waals surface area contributed by atoms with Crippen LogP contribution in [0.25, 0.3) is 0 Å². The lowest BCUT2D eigenvalue weighted by Crippen LogP contribution is -2.31. The van der Waals surface area contributed by atoms with Gasteiger partial charge in [0.05, 0.1) is 6.61 Å². The van der Waals surface area contributed by atoms with E-state index >= 15 is 0 Å². The van der Waals surface area contributed by atoms with E-state index in [9.17, 15) is 0 Å². The molecule has 0 bridgehead atoms. The predicted molar refractivity (Wildman–Crippen MR) is 111 cm³/mol. The van der Waals surface area contributed by atoms with Gasteiger partial charge in [-0.3, -0.25) is 0 Å². The van der Waals surface area contributed by atoms with Crippen molar-refractivity contribution in [1.29, 1.82) is 0 Å². The molecule has 0 saturated heterocycles. The lowest BCUT2D eigenvalue weighted by molar-refractivity contribution is 0.144. The van der Waals surface area contributed by atoms with Gasteiger partial charge in [-0.25, -0.2) is 0 Å². The number of hydrogen-bond acceptors (Lipinski definition) is 3. The van der Waals surface area contributed by atoms with Gasteiger partial charge < -0.3 is 15.0 Å². The van der Waals surface area contributed by atoms with Crippen molar-refractivity contribution in [2.24, 2.45) is 0 Å². The molecular weight excluding hydrogens is 367 g/mol. The van der Waals surface area contributed by atoms with E-state index in [1.54, 1.807) is 0 Å². The summed E-state index contributed by atoms with van der Waals surface area (Å²) < 4.78 is 5.59. The van der Waals surface area contributed by atoms with Crippen LogP contribution in [0.5, 0.6) is 0 Å². The van der Waals surface area contributed by atoms with Crippen molar-refractivity contribution in [3.8, 4) is 0 Å². The summed E-state index contributed by atoms with van der Waals surface area (Å²) in [5.74, 6) is 0.236. The van der Waals surface area contributed by atoms with Gasteiger partial charge in [0.25, 0.3) is 0 Å². The Hall–Kier alpha value is -1.26. The topological polar surface area (TPSA) is 24.5 Å². The maximum atomic E-state index is 6.49. The number of hydrogen-bond donors (Lipinski definition) is 1. The van der Waals surface area contributed by atoms with E-state index in [2.05, 4.69) is 54.5 Å². The van der Waals surface area contributed by atoms with Gasteiger partial charge >= 0.3 is 0 Å². The Balaban J connectivity index is 1.88. The van der Waals surface area contributed by atoms with Gasteiger partial charge in [0.2, 0.25) is 0 Å². The third-order valence-corrected chi connectivity index (χ3v) is 5.29. The Kier molecular flexibility index (Phi) is 6.82. The second kappa shape index (κ2) is 9.09. The molecular formula is C21H26Cl2N2O. The van der Waals surface area contributed by atoms with Gasteiger partial charge in [-0.1, -0.05) is 48.3 Å². The maximum absolute atomic E-state index is 6.49. The van der Waals surface area contributed by atoms with Crippen LogP contribution >= 0.6 is 23.2 Å². The molecule has 3 rings (SSSR count). The maximum Gasteiger partial charge on any atom is 0.0639 e. The second-order valence-corrected chi connectivity index (χ2v) is 7.67. The van der Waals surface area contributed by atoms with Crippen LogP contribution in [0.4, 0.5) is 5.69 Å². The van der Waals surface area contributed by atoms with Gasteiger partial charge in [0.1, 0.15) is 0 Å². The number of benzene rings is 2. The van der Waals surface area contributed by atoms with Crippen LogP contribution in [0.1, 0.15) is 36.0 Å². The third-order valence-electron chi connectivity index (χ3n) is 4.74. The van der Waals surface area contributed by atoms with Crippen LogP contribution in [-0.4, -0.2) is 38.3 Å². The molecule has 1 heterocycles. The van der Waals surface area contributed by atoms with Gasteiger partial charge in [0.15, 0.2) is 0 Å². The fourth-order valence-electron chi connectivity index (χ4n) is 3.58. The number of halogens is 2. The summed E-state index contributed by atoms with van der Waals surface area (Å²) in [5, 5.41) is 4.98. The zero-order chi connectivity index (χ0) is 18.5. The summed E-state index contributed by atoms with van der Waals surface area (Å²) in [5.41, 5.74) is 4.83. The summed E-state index contributed by atoms with van der Waals surface area (Å²) in [7, 11) is 2.13. The molecule has 0 saturated carbocycles. The molecule has 1 aliphatic heterocycles. The van der Waals surface area contributed by atoms with Gasteiger partial charge in [-0.15, -0.1) is 0 Å². The number of nitrogens with zero attached hydrogens (tertiary/aromatic N) is 1. The molecule has 0 fully saturated rings. The highest BCUT2D eigenvalue weighted by Gasteiger charge is 2.28. The average Bonchev–Trinajstić information content (AvgIpc) is 2.62. The van der Waals surface area contributed by atoms with E-state index in [4.69, 9.17) is 27.9 Å². The number of rotatable bonds is 7. The Morgan fingerprint density at radius 3 is 2.77 bits per heavy atom. The van der Waals surface area contributed by atoms with Crippen LogP contribution in [0.2, 0.25) is 10.0 Å². The molecule has 1 atom stereocenters. The average molecular weight is 393 g/mol. The van der Waals surface area contributed by atoms with Crippen LogP contribution in [0, 0.1) is 0 Å². The summed E-state index contributed by atoms with van der Waals surface area (Å²) in [4.78, 5) is 2.31. The number of nitrogens with one attached hydrogen (secondary N) is 1. The first kappa shape index (κ1) is 19.5. The molecule has 3 nitrogen and oxygen atoms in total. The van der Waals surface area contributed by atoms with Crippen molar-refractivity contribution in [2.75, 3.05) is 38.7 Å². The first-order valence-electron chi connectivity index (χ1n) is 9.17. The second-order valence-electron chi connectivity index (χ2n) is 6.83. The van der Waals surface area contributed by atoms with Gasteiger partial charge in [-0.05, 0) is 48.4 Å². The molecule has 1 aliphatic rings. The van der Waals surface area contributed by atoms with E-state index in [0.29, 0.717) is 11.6 Å². The Bertz CT molecular complexity index is 751. The molecule has 26 heavy (non-hydrogen) atoms. The third kappa shape index (κ3) is 4.52. The number of anilines is 1. The van der Waals surface area contributed by atoms with Crippen molar-refractivity contribution in [1.82, 2.24) is 4.90 Å². The zero-order valence-corrected chi connectivity index (χ0v) is 16.9. The minimum atomic E-state index is 0.236. The monoisotopic (exact) mass is 392 g/mol. The smallest absolute Gasteiger partial charge is 0.0639 e. The van der Waals surface area contributed by atoms with Crippen LogP contribution in [0.15, 0.2) is 36.4 Å². The molecule has 1 N–H and O–H groups in total. The number of para-hydroxylation sites is 1. The molecule has 0 spiro atoms. The van der Waals surface area contributed by atoms with E-state index in [0.717, 1.165) is 43.4 Å². The highest BCUT2D eigenvalue weighted by atomic mass is 35.5. The van der Waals surface area contributed by atoms with Gasteiger partial charge in [0, 0.05) is 47.9 Å². The first-order valence-corrected chi connectivity index (χ1v) is 9.92. The normalized spacial score (nSPS) is 17.2. The number of ether oxygens (including phenoxy) is 1. The summed E-state index contributed by atoms with van der Waals surface area (Å²) in [6.45, 7) is 6.22. The van der Waals surface area contributed by atoms with Crippen LogP contribution < -0.4 is 5.32 Å². The molecule has 5 heteroatoms. The highest BCUT2D eigenvalue weighted by molar-refractivity contribution is 6.35. The zero-order valence-electron chi connectivity index (χ0n) is 15.4. The standard InChI is InChI=1S/C21H26Cl2N2O/c1-3-9-26-10-8-24-21-7-5-4-6-16(21)18-13-25(2)14-19-17(18)11-15(22)12-20(19)23/h4-7,11-12,18,24H,3,8-10,13-14H2,1-2H3. The fourth-order valence-corrected chi connectivity index (χ4v) is 4.15. The summed E-state index contributed by atoms with van der Waals surface area (Å²) >= 11 is 12.8. The van der Waals surface area contributed by atoms with E-state index < -0.39 is 0 Å². The Morgan fingerprint density at radius 1 is 1.15 bits per heavy atom. The van der Waals surface area contributed by atoms with Crippen molar-refractivity contribution in [3.63, 3.8) is 0 Å². The molecule has 1 unspecified atom stereocenters. The minimum Gasteiger partial charge on any atom is -0.382 e. The summed E-state index contributed by atoms with van der Waals surface area (Å²) in [6.07, 6.45) is 1.04. The Morgan fingerprint density at radius 2 is 1.96 bits per heavy atom. The van der Waals surface area contributed by atoms with E-state index in [1.165, 1.54) is 16.7 Å². The molecule has 0 radical (unpaired) electrons. The fraction of sp³-hybridized carbons (Fsp3) is 0.429. The van der Waals surface area contributed by atoms with Crippen molar-refractivity contribution in [3.05, 3.63) is 63.1 Å². The van der Waals surface area contributed by atoms with E-state index in [1.807, 2.05) is 6.07 Å². The summed E-state index contributed by atoms with van der Waals surface area (Å²) in [6, 6.07) is 12.4.